The Morgan fingerprint density at radius 3 is 2.61 bits per heavy atom. The van der Waals surface area contributed by atoms with Gasteiger partial charge in [0.1, 0.15) is 17.3 Å². The van der Waals surface area contributed by atoms with Crippen molar-refractivity contribution in [3.8, 4) is 11.5 Å². The molecule has 0 bridgehead atoms. The maximum atomic E-state index is 13.4. The van der Waals surface area contributed by atoms with Gasteiger partial charge in [-0.1, -0.05) is 31.5 Å². The van der Waals surface area contributed by atoms with Gasteiger partial charge < -0.3 is 15.8 Å². The molecule has 0 aliphatic rings. The van der Waals surface area contributed by atoms with E-state index in [4.69, 9.17) is 10.5 Å². The summed E-state index contributed by atoms with van der Waals surface area (Å²) >= 11 is 0. The van der Waals surface area contributed by atoms with Crippen molar-refractivity contribution in [3.63, 3.8) is 0 Å². The number of nitrogens with zero attached hydrogens (tertiary/aromatic N) is 1. The summed E-state index contributed by atoms with van der Waals surface area (Å²) in [6, 6.07) is 16.3. The highest BCUT2D eigenvalue weighted by atomic mass is 19.1. The SMILES string of the molecule is CCCc1ccccc1Oc1ccc(NC(=O)c2cc(C)c(F)nc2N)cc1. The average Bonchev–Trinajstić information content (AvgIpc) is 2.68. The Morgan fingerprint density at radius 2 is 1.89 bits per heavy atom. The molecule has 0 atom stereocenters. The number of rotatable bonds is 6. The molecule has 1 aromatic heterocycles. The van der Waals surface area contributed by atoms with Crippen molar-refractivity contribution >= 4 is 17.4 Å². The summed E-state index contributed by atoms with van der Waals surface area (Å²) in [6.45, 7) is 3.65. The monoisotopic (exact) mass is 379 g/mol. The molecular weight excluding hydrogens is 357 g/mol. The van der Waals surface area contributed by atoms with E-state index in [1.807, 2.05) is 18.2 Å². The maximum Gasteiger partial charge on any atom is 0.259 e. The van der Waals surface area contributed by atoms with Crippen LogP contribution in [0.2, 0.25) is 0 Å². The zero-order valence-electron chi connectivity index (χ0n) is 15.8. The zero-order valence-corrected chi connectivity index (χ0v) is 15.8. The number of nitrogen functional groups attached to an aromatic ring is 1. The van der Waals surface area contributed by atoms with E-state index in [0.717, 1.165) is 24.2 Å². The highest BCUT2D eigenvalue weighted by molar-refractivity contribution is 6.07. The molecule has 0 saturated heterocycles. The Labute approximate surface area is 163 Å². The smallest absolute Gasteiger partial charge is 0.259 e. The minimum absolute atomic E-state index is 0.132. The third-order valence-electron chi connectivity index (χ3n) is 4.26. The lowest BCUT2D eigenvalue weighted by Gasteiger charge is -2.12. The first kappa shape index (κ1) is 19.4. The molecule has 0 aliphatic heterocycles. The van der Waals surface area contributed by atoms with Crippen molar-refractivity contribution in [1.29, 1.82) is 0 Å². The highest BCUT2D eigenvalue weighted by Gasteiger charge is 2.14. The van der Waals surface area contributed by atoms with E-state index in [0.29, 0.717) is 11.4 Å². The van der Waals surface area contributed by atoms with Crippen LogP contribution < -0.4 is 15.8 Å². The first-order valence-electron chi connectivity index (χ1n) is 9.07. The van der Waals surface area contributed by atoms with Crippen LogP contribution in [0.15, 0.2) is 54.6 Å². The Bertz CT molecular complexity index is 988. The lowest BCUT2D eigenvalue weighted by Crippen LogP contribution is -2.16. The third kappa shape index (κ3) is 4.46. The van der Waals surface area contributed by atoms with E-state index < -0.39 is 11.9 Å². The largest absolute Gasteiger partial charge is 0.457 e. The number of hydrogen-bond acceptors (Lipinski definition) is 4. The molecule has 0 aliphatic carbocycles. The van der Waals surface area contributed by atoms with Gasteiger partial charge in [-0.25, -0.2) is 4.98 Å². The van der Waals surface area contributed by atoms with Crippen molar-refractivity contribution in [2.45, 2.75) is 26.7 Å². The standard InChI is InChI=1S/C22H22FN3O2/c1-3-6-15-7-4-5-8-19(15)28-17-11-9-16(10-12-17)25-22(27)18-13-14(2)20(23)26-21(18)24/h4-5,7-13H,3,6H2,1-2H3,(H2,24,26)(H,25,27). The first-order chi connectivity index (χ1) is 13.5. The van der Waals surface area contributed by atoms with Gasteiger partial charge in [0.25, 0.3) is 5.91 Å². The Hall–Kier alpha value is -3.41. The summed E-state index contributed by atoms with van der Waals surface area (Å²) in [6.07, 6.45) is 1.98. The van der Waals surface area contributed by atoms with Gasteiger partial charge in [-0.05, 0) is 55.3 Å². The zero-order chi connectivity index (χ0) is 20.1. The number of benzene rings is 2. The molecule has 2 aromatic carbocycles. The van der Waals surface area contributed by atoms with Crippen LogP contribution in [0, 0.1) is 12.9 Å². The fourth-order valence-electron chi connectivity index (χ4n) is 2.80. The molecule has 5 nitrogen and oxygen atoms in total. The van der Waals surface area contributed by atoms with E-state index in [-0.39, 0.29) is 16.9 Å². The van der Waals surface area contributed by atoms with Crippen molar-refractivity contribution in [2.75, 3.05) is 11.1 Å². The van der Waals surface area contributed by atoms with Gasteiger partial charge in [0.15, 0.2) is 0 Å². The minimum Gasteiger partial charge on any atom is -0.457 e. The van der Waals surface area contributed by atoms with E-state index in [2.05, 4.69) is 23.3 Å². The fraction of sp³-hybridized carbons (Fsp3) is 0.182. The number of carbonyl (C=O) groups is 1. The van der Waals surface area contributed by atoms with Crippen molar-refractivity contribution < 1.29 is 13.9 Å². The summed E-state index contributed by atoms with van der Waals surface area (Å²) in [7, 11) is 0. The van der Waals surface area contributed by atoms with Crippen LogP contribution >= 0.6 is 0 Å². The molecule has 0 saturated carbocycles. The summed E-state index contributed by atoms with van der Waals surface area (Å²) in [5.41, 5.74) is 7.77. The lowest BCUT2D eigenvalue weighted by molar-refractivity contribution is 0.102. The third-order valence-corrected chi connectivity index (χ3v) is 4.26. The molecule has 6 heteroatoms. The molecule has 1 heterocycles. The fourth-order valence-corrected chi connectivity index (χ4v) is 2.80. The van der Waals surface area contributed by atoms with Crippen LogP contribution in [0.25, 0.3) is 0 Å². The quantitative estimate of drug-likeness (QED) is 0.584. The number of ether oxygens (including phenoxy) is 1. The Morgan fingerprint density at radius 1 is 1.18 bits per heavy atom. The second-order valence-electron chi connectivity index (χ2n) is 6.47. The molecule has 144 valence electrons. The molecular formula is C22H22FN3O2. The van der Waals surface area contributed by atoms with Crippen LogP contribution in [-0.2, 0) is 6.42 Å². The molecule has 28 heavy (non-hydrogen) atoms. The van der Waals surface area contributed by atoms with Crippen LogP contribution in [0.4, 0.5) is 15.9 Å². The number of aryl methyl sites for hydroxylation is 2. The molecule has 0 radical (unpaired) electrons. The normalized spacial score (nSPS) is 10.5. The van der Waals surface area contributed by atoms with Gasteiger partial charge in [0.2, 0.25) is 5.95 Å². The maximum absolute atomic E-state index is 13.4. The molecule has 0 spiro atoms. The average molecular weight is 379 g/mol. The molecule has 1 amide bonds. The second-order valence-corrected chi connectivity index (χ2v) is 6.47. The Kier molecular flexibility index (Phi) is 5.89. The summed E-state index contributed by atoms with van der Waals surface area (Å²) in [4.78, 5) is 16.0. The molecule has 0 unspecified atom stereocenters. The lowest BCUT2D eigenvalue weighted by atomic mass is 10.1. The van der Waals surface area contributed by atoms with Crippen molar-refractivity contribution in [1.82, 2.24) is 4.98 Å². The van der Waals surface area contributed by atoms with E-state index >= 15 is 0 Å². The van der Waals surface area contributed by atoms with E-state index in [9.17, 15) is 9.18 Å². The number of nitrogens with two attached hydrogens (primary N) is 1. The predicted octanol–water partition coefficient (Wildman–Crippen LogP) is 5.11. The van der Waals surface area contributed by atoms with Gasteiger partial charge in [-0.3, -0.25) is 4.79 Å². The van der Waals surface area contributed by atoms with Crippen LogP contribution in [-0.4, -0.2) is 10.9 Å². The minimum atomic E-state index is -0.682. The van der Waals surface area contributed by atoms with E-state index in [1.54, 1.807) is 24.3 Å². The topological polar surface area (TPSA) is 77.2 Å². The van der Waals surface area contributed by atoms with Gasteiger partial charge in [0, 0.05) is 11.3 Å². The van der Waals surface area contributed by atoms with Gasteiger partial charge >= 0.3 is 0 Å². The number of carbonyl (C=O) groups excluding carboxylic acids is 1. The molecule has 3 rings (SSSR count). The first-order valence-corrected chi connectivity index (χ1v) is 9.07. The number of aromatic nitrogens is 1. The number of hydrogen-bond donors (Lipinski definition) is 2. The van der Waals surface area contributed by atoms with Crippen molar-refractivity contribution in [2.24, 2.45) is 0 Å². The van der Waals surface area contributed by atoms with Gasteiger partial charge in [-0.2, -0.15) is 4.39 Å². The predicted molar refractivity (Wildman–Crippen MR) is 108 cm³/mol. The molecule has 3 N–H and O–H groups in total. The summed E-state index contributed by atoms with van der Waals surface area (Å²) < 4.78 is 19.4. The summed E-state index contributed by atoms with van der Waals surface area (Å²) in [5, 5.41) is 2.73. The molecule has 3 aromatic rings. The second kappa shape index (κ2) is 8.52. The number of halogens is 1. The number of nitrogens with one attached hydrogen (secondary N) is 1. The van der Waals surface area contributed by atoms with Gasteiger partial charge in [0.05, 0.1) is 5.56 Å². The number of amides is 1. The van der Waals surface area contributed by atoms with Crippen LogP contribution in [0.5, 0.6) is 11.5 Å². The molecule has 0 fully saturated rings. The number of pyridine rings is 1. The van der Waals surface area contributed by atoms with Gasteiger partial charge in [-0.15, -0.1) is 0 Å². The Balaban J connectivity index is 1.71. The number of para-hydroxylation sites is 1. The number of anilines is 2. The van der Waals surface area contributed by atoms with E-state index in [1.165, 1.54) is 13.0 Å². The highest BCUT2D eigenvalue weighted by Crippen LogP contribution is 2.27. The van der Waals surface area contributed by atoms with Crippen molar-refractivity contribution in [3.05, 3.63) is 77.2 Å². The summed E-state index contributed by atoms with van der Waals surface area (Å²) in [5.74, 6) is 0.212. The van der Waals surface area contributed by atoms with Crippen LogP contribution in [0.1, 0.15) is 34.8 Å². The van der Waals surface area contributed by atoms with Crippen LogP contribution in [0.3, 0.4) is 0 Å².